The number of hydrogen-bond donors (Lipinski definition) is 0. The molecule has 0 atom stereocenters. The lowest BCUT2D eigenvalue weighted by molar-refractivity contribution is 0.669. The van der Waals surface area contributed by atoms with Gasteiger partial charge in [-0.2, -0.15) is 0 Å². The molecule has 0 aliphatic carbocycles. The van der Waals surface area contributed by atoms with E-state index in [1.807, 2.05) is 24.3 Å². The molecule has 2 aromatic heterocycles. The number of furan rings is 2. The third kappa shape index (κ3) is 4.20. The summed E-state index contributed by atoms with van der Waals surface area (Å²) in [5, 5.41) is 7.02. The maximum atomic E-state index is 6.35. The van der Waals surface area contributed by atoms with E-state index in [0.717, 1.165) is 66.1 Å². The van der Waals surface area contributed by atoms with E-state index in [2.05, 4.69) is 146 Å². The molecule has 2 heterocycles. The van der Waals surface area contributed by atoms with Gasteiger partial charge in [0.1, 0.15) is 22.3 Å². The first-order chi connectivity index (χ1) is 23.8. The maximum absolute atomic E-state index is 6.35. The Morgan fingerprint density at radius 1 is 0.271 bits per heavy atom. The first-order valence-corrected chi connectivity index (χ1v) is 16.3. The van der Waals surface area contributed by atoms with Gasteiger partial charge in [0.15, 0.2) is 0 Å². The minimum Gasteiger partial charge on any atom is -0.455 e. The van der Waals surface area contributed by atoms with Crippen LogP contribution in [-0.4, -0.2) is 0 Å². The molecule has 0 N–H and O–H groups in total. The Morgan fingerprint density at radius 3 is 1.06 bits per heavy atom. The molecule has 0 saturated heterocycles. The zero-order valence-corrected chi connectivity index (χ0v) is 26.0. The van der Waals surface area contributed by atoms with Crippen LogP contribution in [0.1, 0.15) is 0 Å². The standard InChI is InChI=1S/C46H28O2/c1-2-10-34-28-42(32-25-21-30(22-26-32)36-14-8-16-40-38-12-4-6-18-44(38)48-46(36)40)41(27-33(34)9-1)31-23-19-29(20-24-31)35-13-7-15-39-37-11-3-5-17-43(37)47-45(35)39/h1-28H. The fraction of sp³-hybridized carbons (Fsp3) is 0. The normalized spacial score (nSPS) is 11.8. The van der Waals surface area contributed by atoms with Gasteiger partial charge in [0.05, 0.1) is 0 Å². The van der Waals surface area contributed by atoms with Gasteiger partial charge >= 0.3 is 0 Å². The van der Waals surface area contributed by atoms with Gasteiger partial charge in [0.25, 0.3) is 0 Å². The molecule has 0 aliphatic heterocycles. The summed E-state index contributed by atoms with van der Waals surface area (Å²) in [6, 6.07) is 60.4. The lowest BCUT2D eigenvalue weighted by Crippen LogP contribution is -1.88. The molecule has 0 aliphatic rings. The molecule has 0 fully saturated rings. The molecule has 0 spiro atoms. The smallest absolute Gasteiger partial charge is 0.143 e. The van der Waals surface area contributed by atoms with Gasteiger partial charge < -0.3 is 8.83 Å². The van der Waals surface area contributed by atoms with Crippen molar-refractivity contribution in [3.8, 4) is 44.5 Å². The van der Waals surface area contributed by atoms with Gasteiger partial charge in [-0.05, 0) is 68.4 Å². The van der Waals surface area contributed by atoms with E-state index in [9.17, 15) is 0 Å². The van der Waals surface area contributed by atoms with Crippen LogP contribution in [0.5, 0.6) is 0 Å². The van der Waals surface area contributed by atoms with Crippen molar-refractivity contribution in [1.82, 2.24) is 0 Å². The summed E-state index contributed by atoms with van der Waals surface area (Å²) in [5.41, 5.74) is 12.9. The molecular formula is C46H28O2. The SMILES string of the molecule is c1ccc2cc(-c3ccc(-c4cccc5c4oc4ccccc45)cc3)c(-c3ccc(-c4cccc5c4oc4ccccc45)cc3)cc2c1. The van der Waals surface area contributed by atoms with Gasteiger partial charge in [-0.3, -0.25) is 0 Å². The zero-order chi connectivity index (χ0) is 31.6. The largest absolute Gasteiger partial charge is 0.455 e. The molecule has 10 rings (SSSR count). The molecule has 0 unspecified atom stereocenters. The number of rotatable bonds is 4. The molecule has 0 radical (unpaired) electrons. The molecule has 8 aromatic carbocycles. The van der Waals surface area contributed by atoms with Crippen molar-refractivity contribution in [3.63, 3.8) is 0 Å². The first-order valence-electron chi connectivity index (χ1n) is 16.3. The first kappa shape index (κ1) is 26.8. The van der Waals surface area contributed by atoms with Crippen molar-refractivity contribution in [2.24, 2.45) is 0 Å². The van der Waals surface area contributed by atoms with Crippen molar-refractivity contribution in [1.29, 1.82) is 0 Å². The topological polar surface area (TPSA) is 26.3 Å². The molecule has 2 heteroatoms. The van der Waals surface area contributed by atoms with E-state index in [0.29, 0.717) is 0 Å². The maximum Gasteiger partial charge on any atom is 0.143 e. The van der Waals surface area contributed by atoms with E-state index < -0.39 is 0 Å². The second-order valence-electron chi connectivity index (χ2n) is 12.5. The predicted molar refractivity (Wildman–Crippen MR) is 200 cm³/mol. The second-order valence-corrected chi connectivity index (χ2v) is 12.5. The van der Waals surface area contributed by atoms with Crippen LogP contribution in [0.15, 0.2) is 179 Å². The summed E-state index contributed by atoms with van der Waals surface area (Å²) in [6.07, 6.45) is 0. The molecule has 0 saturated carbocycles. The highest BCUT2D eigenvalue weighted by atomic mass is 16.3. The summed E-state index contributed by atoms with van der Waals surface area (Å²) in [4.78, 5) is 0. The second kappa shape index (κ2) is 10.6. The minimum atomic E-state index is 0.915. The van der Waals surface area contributed by atoms with Gasteiger partial charge in [0.2, 0.25) is 0 Å². The minimum absolute atomic E-state index is 0.915. The molecule has 10 aromatic rings. The van der Waals surface area contributed by atoms with E-state index in [4.69, 9.17) is 8.83 Å². The van der Waals surface area contributed by atoms with Crippen molar-refractivity contribution in [2.45, 2.75) is 0 Å². The zero-order valence-electron chi connectivity index (χ0n) is 26.0. The molecule has 224 valence electrons. The van der Waals surface area contributed by atoms with E-state index in [-0.39, 0.29) is 0 Å². The highest BCUT2D eigenvalue weighted by molar-refractivity contribution is 6.10. The average molecular weight is 613 g/mol. The Bertz CT molecular complexity index is 2620. The molecule has 0 amide bonds. The average Bonchev–Trinajstić information content (AvgIpc) is 3.73. The van der Waals surface area contributed by atoms with Crippen molar-refractivity contribution in [2.75, 3.05) is 0 Å². The van der Waals surface area contributed by atoms with Gasteiger partial charge in [-0.1, -0.05) is 146 Å². The van der Waals surface area contributed by atoms with Crippen molar-refractivity contribution in [3.05, 3.63) is 170 Å². The Morgan fingerprint density at radius 2 is 0.625 bits per heavy atom. The van der Waals surface area contributed by atoms with Crippen molar-refractivity contribution >= 4 is 54.6 Å². The Labute approximate surface area is 277 Å². The van der Waals surface area contributed by atoms with Crippen LogP contribution in [0.2, 0.25) is 0 Å². The Hall–Kier alpha value is -6.38. The summed E-state index contributed by atoms with van der Waals surface area (Å²) in [7, 11) is 0. The van der Waals surface area contributed by atoms with Crippen molar-refractivity contribution < 1.29 is 8.83 Å². The monoisotopic (exact) mass is 612 g/mol. The molecule has 48 heavy (non-hydrogen) atoms. The summed E-state index contributed by atoms with van der Waals surface area (Å²) in [6.45, 7) is 0. The molecular weight excluding hydrogens is 585 g/mol. The third-order valence-corrected chi connectivity index (χ3v) is 9.71. The summed E-state index contributed by atoms with van der Waals surface area (Å²) < 4.78 is 12.7. The van der Waals surface area contributed by atoms with Crippen LogP contribution in [0.4, 0.5) is 0 Å². The van der Waals surface area contributed by atoms with Gasteiger partial charge in [-0.15, -0.1) is 0 Å². The number of para-hydroxylation sites is 4. The Balaban J connectivity index is 1.07. The lowest BCUT2D eigenvalue weighted by atomic mass is 9.90. The van der Waals surface area contributed by atoms with Gasteiger partial charge in [-0.25, -0.2) is 0 Å². The summed E-state index contributed by atoms with van der Waals surface area (Å²) in [5.74, 6) is 0. The molecule has 0 bridgehead atoms. The van der Waals surface area contributed by atoms with Crippen LogP contribution in [0, 0.1) is 0 Å². The number of benzene rings is 8. The highest BCUT2D eigenvalue weighted by Gasteiger charge is 2.15. The third-order valence-electron chi connectivity index (χ3n) is 9.71. The van der Waals surface area contributed by atoms with Crippen LogP contribution in [0.25, 0.3) is 99.2 Å². The number of fused-ring (bicyclic) bond motifs is 7. The predicted octanol–water partition coefficient (Wildman–Crippen LogP) is 13.3. The van der Waals surface area contributed by atoms with Crippen LogP contribution >= 0.6 is 0 Å². The quantitative estimate of drug-likeness (QED) is 0.198. The van der Waals surface area contributed by atoms with E-state index in [1.54, 1.807) is 0 Å². The van der Waals surface area contributed by atoms with Gasteiger partial charge in [0, 0.05) is 32.7 Å². The van der Waals surface area contributed by atoms with Crippen LogP contribution in [0.3, 0.4) is 0 Å². The fourth-order valence-corrected chi connectivity index (χ4v) is 7.33. The number of hydrogen-bond acceptors (Lipinski definition) is 2. The summed E-state index contributed by atoms with van der Waals surface area (Å²) >= 11 is 0. The van der Waals surface area contributed by atoms with E-state index in [1.165, 1.54) is 33.0 Å². The van der Waals surface area contributed by atoms with E-state index >= 15 is 0 Å². The van der Waals surface area contributed by atoms with Crippen LogP contribution < -0.4 is 0 Å². The van der Waals surface area contributed by atoms with Crippen LogP contribution in [-0.2, 0) is 0 Å². The highest BCUT2D eigenvalue weighted by Crippen LogP contribution is 2.41. The fourth-order valence-electron chi connectivity index (χ4n) is 7.33. The molecule has 2 nitrogen and oxygen atoms in total. The lowest BCUT2D eigenvalue weighted by Gasteiger charge is -2.14. The Kier molecular flexibility index (Phi) is 5.91.